The first-order valence-corrected chi connectivity index (χ1v) is 5.66. The molecule has 0 fully saturated rings. The molecule has 0 atom stereocenters. The first kappa shape index (κ1) is 13.9. The predicted octanol–water partition coefficient (Wildman–Crippen LogP) is 3.15. The van der Waals surface area contributed by atoms with Crippen molar-refractivity contribution in [2.45, 2.75) is 12.7 Å². The van der Waals surface area contributed by atoms with Gasteiger partial charge in [0.2, 0.25) is 0 Å². The zero-order valence-electron chi connectivity index (χ0n) is 10.2. The summed E-state index contributed by atoms with van der Waals surface area (Å²) in [6.45, 7) is 0.330. The molecule has 1 aromatic carbocycles. The van der Waals surface area contributed by atoms with E-state index >= 15 is 0 Å². The molecule has 2 aromatic rings. The number of halogens is 3. The van der Waals surface area contributed by atoms with E-state index in [1.54, 1.807) is 24.3 Å². The lowest BCUT2D eigenvalue weighted by Gasteiger charge is -2.04. The Labute approximate surface area is 112 Å². The third-order valence-corrected chi connectivity index (χ3v) is 2.72. The van der Waals surface area contributed by atoms with Crippen LogP contribution in [0.2, 0.25) is 0 Å². The van der Waals surface area contributed by atoms with Crippen LogP contribution in [0.15, 0.2) is 42.7 Å². The zero-order valence-corrected chi connectivity index (χ0v) is 10.2. The molecule has 2 rings (SSSR count). The van der Waals surface area contributed by atoms with Crippen molar-refractivity contribution in [2.24, 2.45) is 0 Å². The van der Waals surface area contributed by atoms with E-state index in [2.05, 4.69) is 0 Å². The molecule has 0 N–H and O–H groups in total. The normalized spacial score (nSPS) is 11.1. The van der Waals surface area contributed by atoms with E-state index in [9.17, 15) is 18.0 Å². The van der Waals surface area contributed by atoms with Crippen LogP contribution in [-0.2, 0) is 6.54 Å². The van der Waals surface area contributed by atoms with Crippen LogP contribution in [0, 0.1) is 11.3 Å². The Balaban J connectivity index is 2.13. The molecule has 1 aromatic heterocycles. The van der Waals surface area contributed by atoms with Gasteiger partial charge < -0.3 is 4.57 Å². The van der Waals surface area contributed by atoms with Gasteiger partial charge in [0.25, 0.3) is 5.78 Å². The summed E-state index contributed by atoms with van der Waals surface area (Å²) in [6, 6.07) is 9.79. The fraction of sp³-hybridized carbons (Fsp3) is 0.143. The van der Waals surface area contributed by atoms with E-state index in [0.29, 0.717) is 12.1 Å². The lowest BCUT2D eigenvalue weighted by atomic mass is 10.1. The quantitative estimate of drug-likeness (QED) is 0.810. The highest BCUT2D eigenvalue weighted by atomic mass is 19.4. The highest BCUT2D eigenvalue weighted by Gasteiger charge is 2.39. The van der Waals surface area contributed by atoms with Crippen molar-refractivity contribution in [3.8, 4) is 6.07 Å². The first-order chi connectivity index (χ1) is 9.40. The fourth-order valence-electron chi connectivity index (χ4n) is 1.73. The highest BCUT2D eigenvalue weighted by Crippen LogP contribution is 2.21. The number of rotatable bonds is 3. The van der Waals surface area contributed by atoms with Gasteiger partial charge in [-0.2, -0.15) is 18.4 Å². The molecule has 0 amide bonds. The molecule has 0 saturated carbocycles. The summed E-state index contributed by atoms with van der Waals surface area (Å²) in [5, 5.41) is 8.66. The Morgan fingerprint density at radius 2 is 1.85 bits per heavy atom. The van der Waals surface area contributed by atoms with E-state index in [1.807, 2.05) is 6.07 Å². The highest BCUT2D eigenvalue weighted by molar-refractivity contribution is 6.00. The molecule has 0 radical (unpaired) electrons. The summed E-state index contributed by atoms with van der Waals surface area (Å²) in [5.74, 6) is -1.85. The van der Waals surface area contributed by atoms with E-state index in [1.165, 1.54) is 10.8 Å². The summed E-state index contributed by atoms with van der Waals surface area (Å²) >= 11 is 0. The van der Waals surface area contributed by atoms with E-state index in [-0.39, 0.29) is 5.56 Å². The molecule has 20 heavy (non-hydrogen) atoms. The summed E-state index contributed by atoms with van der Waals surface area (Å²) in [4.78, 5) is 11.0. The molecule has 102 valence electrons. The SMILES string of the molecule is N#Cc1ccc(Cn2ccc(C(=O)C(F)(F)F)c2)cc1. The Hall–Kier alpha value is -2.55. The Kier molecular flexibility index (Phi) is 3.61. The number of hydrogen-bond donors (Lipinski definition) is 0. The van der Waals surface area contributed by atoms with Crippen LogP contribution in [0.5, 0.6) is 0 Å². The fourth-order valence-corrected chi connectivity index (χ4v) is 1.73. The summed E-state index contributed by atoms with van der Waals surface area (Å²) in [6.07, 6.45) is -2.29. The second-order valence-corrected chi connectivity index (χ2v) is 4.21. The maximum Gasteiger partial charge on any atom is 0.454 e. The smallest absolute Gasteiger partial charge is 0.349 e. The van der Waals surface area contributed by atoms with Crippen LogP contribution >= 0.6 is 0 Å². The van der Waals surface area contributed by atoms with Gasteiger partial charge in [0.15, 0.2) is 0 Å². The van der Waals surface area contributed by atoms with Gasteiger partial charge in [-0.05, 0) is 23.8 Å². The number of ketones is 1. The number of nitrogens with zero attached hydrogens (tertiary/aromatic N) is 2. The molecule has 0 unspecified atom stereocenters. The minimum absolute atomic E-state index is 0.330. The second kappa shape index (κ2) is 5.21. The molecule has 6 heteroatoms. The van der Waals surface area contributed by atoms with Crippen molar-refractivity contribution in [2.75, 3.05) is 0 Å². The van der Waals surface area contributed by atoms with Crippen LogP contribution in [0.3, 0.4) is 0 Å². The van der Waals surface area contributed by atoms with E-state index in [0.717, 1.165) is 17.8 Å². The number of alkyl halides is 3. The van der Waals surface area contributed by atoms with Crippen LogP contribution < -0.4 is 0 Å². The maximum absolute atomic E-state index is 12.3. The lowest BCUT2D eigenvalue weighted by Crippen LogP contribution is -2.22. The number of benzene rings is 1. The number of nitriles is 1. The Bertz CT molecular complexity index is 663. The summed E-state index contributed by atoms with van der Waals surface area (Å²) in [5.41, 5.74) is 0.950. The molecule has 0 spiro atoms. The van der Waals surface area contributed by atoms with Gasteiger partial charge in [-0.3, -0.25) is 4.79 Å². The predicted molar refractivity (Wildman–Crippen MR) is 65.1 cm³/mol. The number of Topliss-reactive ketones (excluding diaryl/α,β-unsaturated/α-hetero) is 1. The van der Waals surface area contributed by atoms with Crippen molar-refractivity contribution in [3.05, 3.63) is 59.4 Å². The van der Waals surface area contributed by atoms with Gasteiger partial charge in [-0.15, -0.1) is 0 Å². The third-order valence-electron chi connectivity index (χ3n) is 2.72. The van der Waals surface area contributed by atoms with Crippen LogP contribution in [0.25, 0.3) is 0 Å². The molecule has 1 heterocycles. The number of carbonyl (C=O) groups is 1. The largest absolute Gasteiger partial charge is 0.454 e. The average Bonchev–Trinajstić information content (AvgIpc) is 2.86. The molecule has 3 nitrogen and oxygen atoms in total. The molecular weight excluding hydrogens is 269 g/mol. The number of hydrogen-bond acceptors (Lipinski definition) is 2. The number of carbonyl (C=O) groups excluding carboxylic acids is 1. The average molecular weight is 278 g/mol. The first-order valence-electron chi connectivity index (χ1n) is 5.66. The van der Waals surface area contributed by atoms with Crippen molar-refractivity contribution in [1.29, 1.82) is 5.26 Å². The molecule has 0 aliphatic carbocycles. The van der Waals surface area contributed by atoms with E-state index in [4.69, 9.17) is 5.26 Å². The second-order valence-electron chi connectivity index (χ2n) is 4.21. The lowest BCUT2D eigenvalue weighted by molar-refractivity contribution is -0.0885. The van der Waals surface area contributed by atoms with E-state index < -0.39 is 12.0 Å². The monoisotopic (exact) mass is 278 g/mol. The number of aromatic nitrogens is 1. The zero-order chi connectivity index (χ0) is 14.8. The van der Waals surface area contributed by atoms with Crippen molar-refractivity contribution < 1.29 is 18.0 Å². The maximum atomic E-state index is 12.3. The minimum Gasteiger partial charge on any atom is -0.349 e. The summed E-state index contributed by atoms with van der Waals surface area (Å²) < 4.78 is 38.3. The molecule has 0 bridgehead atoms. The van der Waals surface area contributed by atoms with Crippen LogP contribution in [0.4, 0.5) is 13.2 Å². The van der Waals surface area contributed by atoms with Crippen molar-refractivity contribution in [3.63, 3.8) is 0 Å². The van der Waals surface area contributed by atoms with Gasteiger partial charge in [0.05, 0.1) is 11.6 Å². The third kappa shape index (κ3) is 3.06. The molecular formula is C14H9F3N2O. The molecule has 0 saturated heterocycles. The van der Waals surface area contributed by atoms with Gasteiger partial charge in [0.1, 0.15) is 0 Å². The van der Waals surface area contributed by atoms with Gasteiger partial charge in [0, 0.05) is 24.5 Å². The minimum atomic E-state index is -4.86. The van der Waals surface area contributed by atoms with Crippen molar-refractivity contribution in [1.82, 2.24) is 4.57 Å². The van der Waals surface area contributed by atoms with Gasteiger partial charge >= 0.3 is 6.18 Å². The summed E-state index contributed by atoms with van der Waals surface area (Å²) in [7, 11) is 0. The molecule has 0 aliphatic heterocycles. The Morgan fingerprint density at radius 1 is 1.20 bits per heavy atom. The Morgan fingerprint density at radius 3 is 2.40 bits per heavy atom. The topological polar surface area (TPSA) is 45.8 Å². The molecule has 0 aliphatic rings. The van der Waals surface area contributed by atoms with Gasteiger partial charge in [-0.1, -0.05) is 12.1 Å². The van der Waals surface area contributed by atoms with Crippen LogP contribution in [0.1, 0.15) is 21.5 Å². The van der Waals surface area contributed by atoms with Crippen LogP contribution in [-0.4, -0.2) is 16.5 Å². The van der Waals surface area contributed by atoms with Crippen molar-refractivity contribution >= 4 is 5.78 Å². The van der Waals surface area contributed by atoms with Gasteiger partial charge in [-0.25, -0.2) is 0 Å². The standard InChI is InChI=1S/C14H9F3N2O/c15-14(16,17)13(20)12-5-6-19(9-12)8-11-3-1-10(7-18)2-4-11/h1-6,9H,8H2.